The minimum Gasteiger partial charge on any atom is -0.457 e. The number of carbonyl (C=O) groups excluding carboxylic acids is 1. The van der Waals surface area contributed by atoms with Crippen LogP contribution >= 0.6 is 34.8 Å². The van der Waals surface area contributed by atoms with Gasteiger partial charge in [0.1, 0.15) is 11.5 Å². The summed E-state index contributed by atoms with van der Waals surface area (Å²) in [4.78, 5) is 12.5. The monoisotopic (exact) mass is 418 g/mol. The smallest absolute Gasteiger partial charge is 0.275 e. The van der Waals surface area contributed by atoms with Gasteiger partial charge in [-0.2, -0.15) is 5.10 Å². The minimum atomic E-state index is -0.429. The molecule has 0 aliphatic rings. The summed E-state index contributed by atoms with van der Waals surface area (Å²) in [5.74, 6) is 0.615. The second-order valence-corrected chi connectivity index (χ2v) is 6.62. The van der Waals surface area contributed by atoms with Gasteiger partial charge in [0.05, 0.1) is 21.8 Å². The molecule has 0 saturated heterocycles. The highest BCUT2D eigenvalue weighted by atomic mass is 35.5. The molecular weight excluding hydrogens is 407 g/mol. The second kappa shape index (κ2) is 8.91. The fourth-order valence-electron chi connectivity index (χ4n) is 2.25. The fourth-order valence-corrected chi connectivity index (χ4v) is 2.92. The van der Waals surface area contributed by atoms with Crippen molar-refractivity contribution >= 4 is 46.9 Å². The Morgan fingerprint density at radius 2 is 1.67 bits per heavy atom. The third-order valence-corrected chi connectivity index (χ3v) is 4.53. The molecule has 1 amide bonds. The van der Waals surface area contributed by atoms with Gasteiger partial charge in [0.15, 0.2) is 0 Å². The van der Waals surface area contributed by atoms with Crippen molar-refractivity contribution in [3.05, 3.63) is 92.9 Å². The minimum absolute atomic E-state index is 0.298. The van der Waals surface area contributed by atoms with E-state index in [1.54, 1.807) is 42.5 Å². The molecule has 0 aliphatic heterocycles. The lowest BCUT2D eigenvalue weighted by Gasteiger charge is -2.09. The van der Waals surface area contributed by atoms with Gasteiger partial charge in [-0.05, 0) is 36.4 Å². The molecule has 0 aliphatic carbocycles. The van der Waals surface area contributed by atoms with Crippen LogP contribution in [-0.2, 0) is 0 Å². The normalized spacial score (nSPS) is 10.8. The Bertz CT molecular complexity index is 992. The summed E-state index contributed by atoms with van der Waals surface area (Å²) in [6, 6.07) is 19.2. The van der Waals surface area contributed by atoms with Gasteiger partial charge in [0.2, 0.25) is 0 Å². The summed E-state index contributed by atoms with van der Waals surface area (Å²) in [6.07, 6.45) is 1.37. The molecule has 3 aromatic carbocycles. The largest absolute Gasteiger partial charge is 0.457 e. The van der Waals surface area contributed by atoms with Gasteiger partial charge in [-0.1, -0.05) is 65.1 Å². The maximum Gasteiger partial charge on any atom is 0.275 e. The van der Waals surface area contributed by atoms with Crippen LogP contribution in [0.5, 0.6) is 11.5 Å². The van der Waals surface area contributed by atoms with E-state index in [4.69, 9.17) is 39.5 Å². The van der Waals surface area contributed by atoms with Gasteiger partial charge in [0, 0.05) is 10.6 Å². The molecule has 4 nitrogen and oxygen atoms in total. The maximum atomic E-state index is 12.5. The third kappa shape index (κ3) is 5.01. The molecule has 0 spiro atoms. The lowest BCUT2D eigenvalue weighted by atomic mass is 10.2. The van der Waals surface area contributed by atoms with Crippen LogP contribution in [0.1, 0.15) is 15.9 Å². The van der Waals surface area contributed by atoms with Crippen LogP contribution < -0.4 is 10.2 Å². The number of para-hydroxylation sites is 2. The number of halogens is 3. The number of ether oxygens (including phenoxy) is 1. The lowest BCUT2D eigenvalue weighted by molar-refractivity contribution is 0.0953. The summed E-state index contributed by atoms with van der Waals surface area (Å²) in [6.45, 7) is 0. The maximum absolute atomic E-state index is 12.5. The molecule has 136 valence electrons. The number of nitrogens with one attached hydrogen (secondary N) is 1. The SMILES string of the molecule is O=C(NN=Cc1cc(Cl)cc(Cl)c1Cl)c1ccccc1Oc1ccccc1. The van der Waals surface area contributed by atoms with Crippen LogP contribution in [0, 0.1) is 0 Å². The first-order chi connectivity index (χ1) is 13.0. The third-order valence-electron chi connectivity index (χ3n) is 3.49. The van der Waals surface area contributed by atoms with Gasteiger partial charge in [-0.25, -0.2) is 5.43 Å². The van der Waals surface area contributed by atoms with E-state index < -0.39 is 5.91 Å². The quantitative estimate of drug-likeness (QED) is 0.304. The fraction of sp³-hybridized carbons (Fsp3) is 0. The molecular formula is C20H13Cl3N2O2. The molecule has 0 fully saturated rings. The van der Waals surface area contributed by atoms with Crippen molar-refractivity contribution in [1.29, 1.82) is 0 Å². The van der Waals surface area contributed by atoms with E-state index >= 15 is 0 Å². The van der Waals surface area contributed by atoms with E-state index in [1.807, 2.05) is 18.2 Å². The van der Waals surface area contributed by atoms with Crippen LogP contribution in [0.4, 0.5) is 0 Å². The van der Waals surface area contributed by atoms with Crippen molar-refractivity contribution in [2.45, 2.75) is 0 Å². The summed E-state index contributed by atoms with van der Waals surface area (Å²) >= 11 is 18.0. The zero-order valence-electron chi connectivity index (χ0n) is 13.8. The zero-order valence-corrected chi connectivity index (χ0v) is 16.1. The molecule has 1 N–H and O–H groups in total. The molecule has 0 bridgehead atoms. The molecule has 0 unspecified atom stereocenters. The Morgan fingerprint density at radius 1 is 0.963 bits per heavy atom. The Hall–Kier alpha value is -2.53. The van der Waals surface area contributed by atoms with Gasteiger partial charge >= 0.3 is 0 Å². The number of amides is 1. The number of nitrogens with zero attached hydrogens (tertiary/aromatic N) is 1. The van der Waals surface area contributed by atoms with E-state index in [2.05, 4.69) is 10.5 Å². The highest BCUT2D eigenvalue weighted by Gasteiger charge is 2.12. The Balaban J connectivity index is 1.75. The first kappa shape index (κ1) is 19.2. The molecule has 0 saturated carbocycles. The number of hydrogen-bond acceptors (Lipinski definition) is 3. The zero-order chi connectivity index (χ0) is 19.2. The average Bonchev–Trinajstić information content (AvgIpc) is 2.66. The van der Waals surface area contributed by atoms with Gasteiger partial charge in [0.25, 0.3) is 5.91 Å². The molecule has 0 atom stereocenters. The highest BCUT2D eigenvalue weighted by Crippen LogP contribution is 2.29. The van der Waals surface area contributed by atoms with Crippen molar-refractivity contribution in [3.63, 3.8) is 0 Å². The summed E-state index contributed by atoms with van der Waals surface area (Å²) < 4.78 is 5.78. The van der Waals surface area contributed by atoms with Gasteiger partial charge in [-0.15, -0.1) is 0 Å². The van der Waals surface area contributed by atoms with Gasteiger partial charge < -0.3 is 4.74 Å². The highest BCUT2D eigenvalue weighted by molar-refractivity contribution is 6.44. The van der Waals surface area contributed by atoms with Crippen molar-refractivity contribution in [1.82, 2.24) is 5.43 Å². The Kier molecular flexibility index (Phi) is 6.35. The molecule has 0 aromatic heterocycles. The van der Waals surface area contributed by atoms with Crippen molar-refractivity contribution in [3.8, 4) is 11.5 Å². The van der Waals surface area contributed by atoms with Crippen molar-refractivity contribution in [2.24, 2.45) is 5.10 Å². The number of benzene rings is 3. The van der Waals surface area contributed by atoms with E-state index in [-0.39, 0.29) is 0 Å². The van der Waals surface area contributed by atoms with Crippen LogP contribution in [-0.4, -0.2) is 12.1 Å². The first-order valence-corrected chi connectivity index (χ1v) is 8.98. The Morgan fingerprint density at radius 3 is 2.44 bits per heavy atom. The summed E-state index contributed by atoms with van der Waals surface area (Å²) in [5, 5.41) is 4.95. The average molecular weight is 420 g/mol. The molecule has 3 rings (SSSR count). The number of carbonyl (C=O) groups is 1. The van der Waals surface area contributed by atoms with Crippen LogP contribution in [0.15, 0.2) is 71.8 Å². The van der Waals surface area contributed by atoms with E-state index in [0.717, 1.165) is 0 Å². The van der Waals surface area contributed by atoms with Crippen LogP contribution in [0.25, 0.3) is 0 Å². The number of hydrazone groups is 1. The molecule has 0 heterocycles. The number of rotatable bonds is 5. The predicted molar refractivity (Wildman–Crippen MR) is 109 cm³/mol. The van der Waals surface area contributed by atoms with Gasteiger partial charge in [-0.3, -0.25) is 4.79 Å². The molecule has 7 heteroatoms. The topological polar surface area (TPSA) is 50.7 Å². The van der Waals surface area contributed by atoms with Crippen molar-refractivity contribution in [2.75, 3.05) is 0 Å². The first-order valence-electron chi connectivity index (χ1n) is 7.84. The van der Waals surface area contributed by atoms with Crippen molar-refractivity contribution < 1.29 is 9.53 Å². The van der Waals surface area contributed by atoms with E-state index in [0.29, 0.717) is 37.7 Å². The predicted octanol–water partition coefficient (Wildman–Crippen LogP) is 6.20. The number of hydrogen-bond donors (Lipinski definition) is 1. The van der Waals surface area contributed by atoms with Crippen LogP contribution in [0.2, 0.25) is 15.1 Å². The lowest BCUT2D eigenvalue weighted by Crippen LogP contribution is -2.18. The van der Waals surface area contributed by atoms with Crippen LogP contribution in [0.3, 0.4) is 0 Å². The second-order valence-electron chi connectivity index (χ2n) is 5.40. The standard InChI is InChI=1S/C20H13Cl3N2O2/c21-14-10-13(19(23)17(22)11-14)12-24-25-20(26)16-8-4-5-9-18(16)27-15-6-2-1-3-7-15/h1-12H,(H,25,26). The Labute approximate surface area is 171 Å². The molecule has 3 aromatic rings. The summed E-state index contributed by atoms with van der Waals surface area (Å²) in [7, 11) is 0. The van der Waals surface area contributed by atoms with E-state index in [9.17, 15) is 4.79 Å². The molecule has 27 heavy (non-hydrogen) atoms. The van der Waals surface area contributed by atoms with E-state index in [1.165, 1.54) is 12.3 Å². The molecule has 0 radical (unpaired) electrons. The summed E-state index contributed by atoms with van der Waals surface area (Å²) in [5.41, 5.74) is 3.28.